The van der Waals surface area contributed by atoms with Crippen LogP contribution >= 0.6 is 0 Å². The van der Waals surface area contributed by atoms with E-state index >= 15 is 0 Å². The monoisotopic (exact) mass is 230 g/mol. The summed E-state index contributed by atoms with van der Waals surface area (Å²) >= 11 is 0. The van der Waals surface area contributed by atoms with Gasteiger partial charge in [-0.1, -0.05) is 24.3 Å². The van der Waals surface area contributed by atoms with Crippen LogP contribution in [0, 0.1) is 0 Å². The van der Waals surface area contributed by atoms with Gasteiger partial charge in [0.1, 0.15) is 5.76 Å². The van der Waals surface area contributed by atoms with E-state index in [1.165, 1.54) is 0 Å². The molecule has 0 spiro atoms. The quantitative estimate of drug-likeness (QED) is 0.758. The number of carbonyl (C=O) groups is 1. The number of furan rings is 1. The zero-order valence-corrected chi connectivity index (χ0v) is 9.68. The van der Waals surface area contributed by atoms with Gasteiger partial charge in [0, 0.05) is 5.56 Å². The fourth-order valence-corrected chi connectivity index (χ4v) is 1.71. The molecule has 3 heteroatoms. The Morgan fingerprint density at radius 1 is 1.24 bits per heavy atom. The Morgan fingerprint density at radius 2 is 2.06 bits per heavy atom. The van der Waals surface area contributed by atoms with Crippen LogP contribution in [0.25, 0.3) is 11.3 Å². The van der Waals surface area contributed by atoms with E-state index in [-0.39, 0.29) is 12.4 Å². The highest BCUT2D eigenvalue weighted by atomic mass is 16.5. The molecule has 0 aliphatic rings. The van der Waals surface area contributed by atoms with E-state index in [1.54, 1.807) is 13.2 Å². The standard InChI is InChI=1S/C14H14O3/c1-2-16-14(15)10-11-6-3-4-7-12(11)13-8-5-9-17-13/h3-9H,2,10H2,1H3. The lowest BCUT2D eigenvalue weighted by molar-refractivity contribution is -0.142. The fourth-order valence-electron chi connectivity index (χ4n) is 1.71. The lowest BCUT2D eigenvalue weighted by atomic mass is 10.0. The van der Waals surface area contributed by atoms with Crippen LogP contribution in [0.2, 0.25) is 0 Å². The van der Waals surface area contributed by atoms with Gasteiger partial charge in [0.25, 0.3) is 0 Å². The maximum atomic E-state index is 11.5. The predicted octanol–water partition coefficient (Wildman–Crippen LogP) is 3.05. The largest absolute Gasteiger partial charge is 0.466 e. The summed E-state index contributed by atoms with van der Waals surface area (Å²) in [6, 6.07) is 11.4. The number of hydrogen-bond donors (Lipinski definition) is 0. The third kappa shape index (κ3) is 2.75. The summed E-state index contributed by atoms with van der Waals surface area (Å²) in [4.78, 5) is 11.5. The number of esters is 1. The third-order valence-electron chi connectivity index (χ3n) is 2.44. The van der Waals surface area contributed by atoms with Crippen LogP contribution in [0.3, 0.4) is 0 Å². The molecule has 0 aliphatic carbocycles. The van der Waals surface area contributed by atoms with Gasteiger partial charge in [-0.2, -0.15) is 0 Å². The Kier molecular flexibility index (Phi) is 3.60. The van der Waals surface area contributed by atoms with Gasteiger partial charge in [-0.05, 0) is 24.6 Å². The van der Waals surface area contributed by atoms with Crippen molar-refractivity contribution in [1.82, 2.24) is 0 Å². The highest BCUT2D eigenvalue weighted by Gasteiger charge is 2.11. The molecule has 1 heterocycles. The highest BCUT2D eigenvalue weighted by molar-refractivity contribution is 5.76. The summed E-state index contributed by atoms with van der Waals surface area (Å²) < 4.78 is 10.3. The number of hydrogen-bond acceptors (Lipinski definition) is 3. The molecule has 1 aromatic heterocycles. The third-order valence-corrected chi connectivity index (χ3v) is 2.44. The molecule has 88 valence electrons. The van der Waals surface area contributed by atoms with Crippen molar-refractivity contribution < 1.29 is 13.9 Å². The summed E-state index contributed by atoms with van der Waals surface area (Å²) in [5, 5.41) is 0. The molecule has 2 rings (SSSR count). The van der Waals surface area contributed by atoms with Gasteiger partial charge < -0.3 is 9.15 Å². The van der Waals surface area contributed by atoms with Crippen LogP contribution in [0.1, 0.15) is 12.5 Å². The number of rotatable bonds is 4. The first-order valence-electron chi connectivity index (χ1n) is 5.58. The summed E-state index contributed by atoms with van der Waals surface area (Å²) in [6.07, 6.45) is 1.89. The minimum absolute atomic E-state index is 0.216. The molecule has 1 aromatic carbocycles. The van der Waals surface area contributed by atoms with Crippen LogP contribution in [-0.2, 0) is 16.0 Å². The molecule has 0 radical (unpaired) electrons. The lowest BCUT2D eigenvalue weighted by Gasteiger charge is -2.06. The van der Waals surface area contributed by atoms with Gasteiger partial charge in [0.2, 0.25) is 0 Å². The second kappa shape index (κ2) is 5.34. The van der Waals surface area contributed by atoms with Gasteiger partial charge in [0.15, 0.2) is 0 Å². The van der Waals surface area contributed by atoms with Gasteiger partial charge >= 0.3 is 5.97 Å². The SMILES string of the molecule is CCOC(=O)Cc1ccccc1-c1ccco1. The molecule has 0 amide bonds. The van der Waals surface area contributed by atoms with Crippen LogP contribution in [0.4, 0.5) is 0 Å². The summed E-state index contributed by atoms with van der Waals surface area (Å²) in [7, 11) is 0. The maximum Gasteiger partial charge on any atom is 0.310 e. The molecule has 0 saturated heterocycles. The Morgan fingerprint density at radius 3 is 2.76 bits per heavy atom. The van der Waals surface area contributed by atoms with Crippen molar-refractivity contribution in [1.29, 1.82) is 0 Å². The highest BCUT2D eigenvalue weighted by Crippen LogP contribution is 2.24. The van der Waals surface area contributed by atoms with Crippen molar-refractivity contribution in [2.75, 3.05) is 6.61 Å². The van der Waals surface area contributed by atoms with Crippen LogP contribution in [0.5, 0.6) is 0 Å². The number of benzene rings is 1. The van der Waals surface area contributed by atoms with Gasteiger partial charge in [-0.3, -0.25) is 4.79 Å². The molecular weight excluding hydrogens is 216 g/mol. The van der Waals surface area contributed by atoms with E-state index in [1.807, 2.05) is 36.4 Å². The summed E-state index contributed by atoms with van der Waals surface area (Å²) in [5.41, 5.74) is 1.85. The Balaban J connectivity index is 2.25. The molecule has 0 saturated carbocycles. The van der Waals surface area contributed by atoms with Gasteiger partial charge in [-0.25, -0.2) is 0 Å². The smallest absolute Gasteiger partial charge is 0.310 e. The molecular formula is C14H14O3. The number of ether oxygens (including phenoxy) is 1. The van der Waals surface area contributed by atoms with Crippen molar-refractivity contribution in [3.63, 3.8) is 0 Å². The second-order valence-corrected chi connectivity index (χ2v) is 3.62. The van der Waals surface area contributed by atoms with E-state index < -0.39 is 0 Å². The Bertz CT molecular complexity index is 486. The topological polar surface area (TPSA) is 39.4 Å². The van der Waals surface area contributed by atoms with Crippen molar-refractivity contribution in [2.24, 2.45) is 0 Å². The van der Waals surface area contributed by atoms with Crippen molar-refractivity contribution in [3.8, 4) is 11.3 Å². The minimum Gasteiger partial charge on any atom is -0.466 e. The Labute approximate surface area is 100 Å². The zero-order valence-electron chi connectivity index (χ0n) is 9.68. The molecule has 0 fully saturated rings. The number of carbonyl (C=O) groups excluding carboxylic acids is 1. The predicted molar refractivity (Wildman–Crippen MR) is 64.5 cm³/mol. The zero-order chi connectivity index (χ0) is 12.1. The van der Waals surface area contributed by atoms with Crippen LogP contribution in [-0.4, -0.2) is 12.6 Å². The summed E-state index contributed by atoms with van der Waals surface area (Å²) in [6.45, 7) is 2.21. The first kappa shape index (κ1) is 11.5. The van der Waals surface area contributed by atoms with Crippen LogP contribution in [0.15, 0.2) is 47.1 Å². The van der Waals surface area contributed by atoms with E-state index in [4.69, 9.17) is 9.15 Å². The first-order valence-corrected chi connectivity index (χ1v) is 5.58. The van der Waals surface area contributed by atoms with E-state index in [0.717, 1.165) is 16.9 Å². The molecule has 0 bridgehead atoms. The molecule has 0 atom stereocenters. The molecule has 0 unspecified atom stereocenters. The average molecular weight is 230 g/mol. The molecule has 3 nitrogen and oxygen atoms in total. The van der Waals surface area contributed by atoms with Gasteiger partial charge in [-0.15, -0.1) is 0 Å². The average Bonchev–Trinajstić information content (AvgIpc) is 2.83. The maximum absolute atomic E-state index is 11.5. The molecule has 0 aliphatic heterocycles. The molecule has 0 N–H and O–H groups in total. The van der Waals surface area contributed by atoms with E-state index in [0.29, 0.717) is 6.61 Å². The van der Waals surface area contributed by atoms with Crippen LogP contribution < -0.4 is 0 Å². The Hall–Kier alpha value is -2.03. The first-order chi connectivity index (χ1) is 8.31. The van der Waals surface area contributed by atoms with Crippen molar-refractivity contribution in [2.45, 2.75) is 13.3 Å². The van der Waals surface area contributed by atoms with Crippen molar-refractivity contribution in [3.05, 3.63) is 48.2 Å². The van der Waals surface area contributed by atoms with E-state index in [9.17, 15) is 4.79 Å². The van der Waals surface area contributed by atoms with Gasteiger partial charge in [0.05, 0.1) is 19.3 Å². The molecule has 17 heavy (non-hydrogen) atoms. The summed E-state index contributed by atoms with van der Waals surface area (Å²) in [5.74, 6) is 0.552. The minimum atomic E-state index is -0.216. The van der Waals surface area contributed by atoms with E-state index in [2.05, 4.69) is 0 Å². The normalized spacial score (nSPS) is 10.2. The van der Waals surface area contributed by atoms with Crippen molar-refractivity contribution >= 4 is 5.97 Å². The fraction of sp³-hybridized carbons (Fsp3) is 0.214. The lowest BCUT2D eigenvalue weighted by Crippen LogP contribution is -2.08. The molecule has 2 aromatic rings. The second-order valence-electron chi connectivity index (χ2n) is 3.62.